The number of ketones is 1. The molecule has 7 nitrogen and oxygen atoms in total. The van der Waals surface area contributed by atoms with Crippen LogP contribution in [0.3, 0.4) is 0 Å². The fraction of sp³-hybridized carbons (Fsp3) is 0.450. The average molecular weight is 401 g/mol. The van der Waals surface area contributed by atoms with Crippen molar-refractivity contribution in [2.45, 2.75) is 63.4 Å². The Kier molecular flexibility index (Phi) is 4.61. The van der Waals surface area contributed by atoms with E-state index in [9.17, 15) is 18.0 Å². The van der Waals surface area contributed by atoms with Gasteiger partial charge in [-0.3, -0.25) is 14.3 Å². The molecule has 1 heterocycles. The van der Waals surface area contributed by atoms with E-state index in [1.807, 2.05) is 19.9 Å². The van der Waals surface area contributed by atoms with Crippen molar-refractivity contribution in [2.75, 3.05) is 0 Å². The van der Waals surface area contributed by atoms with E-state index in [0.717, 1.165) is 41.5 Å². The fourth-order valence-electron chi connectivity index (χ4n) is 4.15. The Hall–Kier alpha value is -2.48. The van der Waals surface area contributed by atoms with Gasteiger partial charge in [-0.2, -0.15) is 13.5 Å². The maximum atomic E-state index is 12.6. The van der Waals surface area contributed by atoms with E-state index in [4.69, 9.17) is 0 Å². The van der Waals surface area contributed by atoms with Gasteiger partial charge in [0.15, 0.2) is 10.8 Å². The molecule has 1 N–H and O–H groups in total. The molecule has 0 atom stereocenters. The Bertz CT molecular complexity index is 1080. The summed E-state index contributed by atoms with van der Waals surface area (Å²) in [5.74, 6) is -0.487. The summed E-state index contributed by atoms with van der Waals surface area (Å²) < 4.78 is 28.7. The monoisotopic (exact) mass is 401 g/mol. The highest BCUT2D eigenvalue weighted by atomic mass is 32.2. The number of nitrogens with one attached hydrogen (secondary N) is 1. The molecule has 8 heteroatoms. The zero-order valence-electron chi connectivity index (χ0n) is 16.0. The normalized spacial score (nSPS) is 15.8. The Labute approximate surface area is 164 Å². The van der Waals surface area contributed by atoms with Gasteiger partial charge >= 0.3 is 0 Å². The van der Waals surface area contributed by atoms with Crippen molar-refractivity contribution in [1.29, 1.82) is 0 Å². The molecule has 2 aromatic rings. The van der Waals surface area contributed by atoms with Gasteiger partial charge in [-0.15, -0.1) is 0 Å². The van der Waals surface area contributed by atoms with Crippen molar-refractivity contribution >= 4 is 21.7 Å². The van der Waals surface area contributed by atoms with Crippen LogP contribution in [-0.4, -0.2) is 29.9 Å². The number of nitrogens with zero attached hydrogens (tertiary/aromatic N) is 2. The minimum atomic E-state index is -4.03. The summed E-state index contributed by atoms with van der Waals surface area (Å²) in [6.07, 6.45) is 5.37. The molecule has 0 fully saturated rings. The van der Waals surface area contributed by atoms with Gasteiger partial charge in [0.05, 0.1) is 6.42 Å². The largest absolute Gasteiger partial charge is 0.294 e. The van der Waals surface area contributed by atoms with Crippen LogP contribution >= 0.6 is 0 Å². The fourth-order valence-corrected chi connectivity index (χ4v) is 5.07. The number of aromatic nitrogens is 2. The molecule has 0 aliphatic heterocycles. The van der Waals surface area contributed by atoms with Crippen molar-refractivity contribution in [1.82, 2.24) is 14.5 Å². The van der Waals surface area contributed by atoms with Gasteiger partial charge in [0, 0.05) is 24.2 Å². The second-order valence-electron chi connectivity index (χ2n) is 7.73. The molecule has 2 aliphatic rings. The van der Waals surface area contributed by atoms with Gasteiger partial charge in [-0.25, -0.2) is 4.72 Å². The topological polar surface area (TPSA) is 98.1 Å². The van der Waals surface area contributed by atoms with Crippen LogP contribution in [0.5, 0.6) is 0 Å². The molecule has 1 amide bonds. The zero-order valence-corrected chi connectivity index (χ0v) is 16.8. The molecule has 148 valence electrons. The first-order valence-electron chi connectivity index (χ1n) is 9.57. The van der Waals surface area contributed by atoms with Crippen LogP contribution in [0.15, 0.2) is 23.4 Å². The van der Waals surface area contributed by atoms with Crippen molar-refractivity contribution < 1.29 is 18.0 Å². The third-order valence-electron chi connectivity index (χ3n) is 5.51. The maximum absolute atomic E-state index is 12.6. The van der Waals surface area contributed by atoms with Crippen LogP contribution in [0.25, 0.3) is 0 Å². The van der Waals surface area contributed by atoms with E-state index in [0.29, 0.717) is 18.4 Å². The molecule has 0 unspecified atom stereocenters. The number of sulfonamides is 1. The van der Waals surface area contributed by atoms with E-state index in [-0.39, 0.29) is 23.3 Å². The molecule has 0 bridgehead atoms. The number of carbonyl (C=O) groups excluding carboxylic acids is 2. The van der Waals surface area contributed by atoms with Crippen LogP contribution in [0.2, 0.25) is 0 Å². The van der Waals surface area contributed by atoms with E-state index in [1.54, 1.807) is 6.20 Å². The molecular formula is C20H23N3O4S. The molecule has 0 saturated carbocycles. The first-order chi connectivity index (χ1) is 13.3. The van der Waals surface area contributed by atoms with Gasteiger partial charge in [0.1, 0.15) is 0 Å². The number of hydrogen-bond donors (Lipinski definition) is 1. The molecular weight excluding hydrogens is 378 g/mol. The number of Topliss-reactive ketones (excluding diaryl/α,β-unsaturated/α-hetero) is 1. The predicted molar refractivity (Wildman–Crippen MR) is 103 cm³/mol. The summed E-state index contributed by atoms with van der Waals surface area (Å²) in [7, 11) is -4.03. The third kappa shape index (κ3) is 3.26. The molecule has 1 aromatic carbocycles. The highest BCUT2D eigenvalue weighted by Crippen LogP contribution is 2.35. The second kappa shape index (κ2) is 6.84. The number of rotatable bonds is 5. The van der Waals surface area contributed by atoms with Gasteiger partial charge in [-0.1, -0.05) is 0 Å². The summed E-state index contributed by atoms with van der Waals surface area (Å²) in [6.45, 7) is 3.78. The van der Waals surface area contributed by atoms with E-state index in [1.165, 1.54) is 10.7 Å². The lowest BCUT2D eigenvalue weighted by Crippen LogP contribution is -2.32. The Morgan fingerprint density at radius 2 is 2.00 bits per heavy atom. The van der Waals surface area contributed by atoms with Crippen molar-refractivity contribution in [3.63, 3.8) is 0 Å². The Balaban J connectivity index is 1.59. The van der Waals surface area contributed by atoms with Gasteiger partial charge in [0.2, 0.25) is 5.91 Å². The minimum Gasteiger partial charge on any atom is -0.294 e. The number of fused-ring (bicyclic) bond motifs is 2. The summed E-state index contributed by atoms with van der Waals surface area (Å²) in [5.41, 5.74) is 4.71. The highest BCUT2D eigenvalue weighted by Gasteiger charge is 2.30. The second-order valence-corrected chi connectivity index (χ2v) is 9.36. The summed E-state index contributed by atoms with van der Waals surface area (Å²) in [5, 5.41) is 3.86. The van der Waals surface area contributed by atoms with E-state index >= 15 is 0 Å². The van der Waals surface area contributed by atoms with Gasteiger partial charge in [0.25, 0.3) is 10.0 Å². The standard InChI is InChI=1S/C20H23N3O4S/c1-12(2)23-9-8-20(21-23)28(26,27)22-19(25)11-16-14-5-3-4-13(14)10-17-15(16)6-7-18(17)24/h8-10,12H,3-7,11H2,1-2H3,(H,22,25). The molecule has 4 rings (SSSR count). The lowest BCUT2D eigenvalue weighted by molar-refractivity contribution is -0.118. The quantitative estimate of drug-likeness (QED) is 0.828. The summed E-state index contributed by atoms with van der Waals surface area (Å²) >= 11 is 0. The Morgan fingerprint density at radius 1 is 1.21 bits per heavy atom. The third-order valence-corrected chi connectivity index (χ3v) is 6.77. The highest BCUT2D eigenvalue weighted by molar-refractivity contribution is 7.90. The van der Waals surface area contributed by atoms with Crippen LogP contribution in [0, 0.1) is 0 Å². The zero-order chi connectivity index (χ0) is 20.1. The van der Waals surface area contributed by atoms with Gasteiger partial charge < -0.3 is 0 Å². The first-order valence-corrected chi connectivity index (χ1v) is 11.0. The van der Waals surface area contributed by atoms with Crippen molar-refractivity contribution in [2.24, 2.45) is 0 Å². The lowest BCUT2D eigenvalue weighted by Gasteiger charge is -2.14. The van der Waals surface area contributed by atoms with Crippen molar-refractivity contribution in [3.05, 3.63) is 46.1 Å². The van der Waals surface area contributed by atoms with Gasteiger partial charge in [-0.05, 0) is 73.9 Å². The molecule has 2 aliphatic carbocycles. The van der Waals surface area contributed by atoms with Crippen LogP contribution < -0.4 is 4.72 Å². The SMILES string of the molecule is CC(C)n1ccc(S(=O)(=O)NC(=O)Cc2c3c(cc4c2CCC4=O)CCC3)n1. The Morgan fingerprint density at radius 3 is 2.71 bits per heavy atom. The smallest absolute Gasteiger partial charge is 0.283 e. The lowest BCUT2D eigenvalue weighted by atomic mass is 9.92. The van der Waals surface area contributed by atoms with E-state index in [2.05, 4.69) is 9.82 Å². The first kappa shape index (κ1) is 18.9. The molecule has 0 radical (unpaired) electrons. The molecule has 0 saturated heterocycles. The molecule has 1 aromatic heterocycles. The number of aryl methyl sites for hydroxylation is 1. The minimum absolute atomic E-state index is 0.0201. The maximum Gasteiger partial charge on any atom is 0.283 e. The average Bonchev–Trinajstić information content (AvgIpc) is 3.34. The van der Waals surface area contributed by atoms with E-state index < -0.39 is 15.9 Å². The predicted octanol–water partition coefficient (Wildman–Crippen LogP) is 2.13. The van der Waals surface area contributed by atoms with Crippen molar-refractivity contribution in [3.8, 4) is 0 Å². The van der Waals surface area contributed by atoms with Crippen LogP contribution in [-0.2, 0) is 40.5 Å². The van der Waals surface area contributed by atoms with Crippen LogP contribution in [0.1, 0.15) is 65.3 Å². The summed E-state index contributed by atoms with van der Waals surface area (Å²) in [4.78, 5) is 24.8. The molecule has 28 heavy (non-hydrogen) atoms. The number of carbonyl (C=O) groups is 2. The number of benzene rings is 1. The van der Waals surface area contributed by atoms with Crippen LogP contribution in [0.4, 0.5) is 0 Å². The number of amides is 1. The number of hydrogen-bond acceptors (Lipinski definition) is 5. The summed E-state index contributed by atoms with van der Waals surface area (Å²) in [6, 6.07) is 3.38. The molecule has 0 spiro atoms.